The van der Waals surface area contributed by atoms with Gasteiger partial charge in [-0.3, -0.25) is 0 Å². The van der Waals surface area contributed by atoms with Crippen LogP contribution in [0.1, 0.15) is 26.2 Å². The van der Waals surface area contributed by atoms with Gasteiger partial charge in [0.2, 0.25) is 5.95 Å². The molecule has 8 heteroatoms. The van der Waals surface area contributed by atoms with Crippen molar-refractivity contribution in [2.75, 3.05) is 25.3 Å². The number of anilines is 2. The van der Waals surface area contributed by atoms with Gasteiger partial charge in [0.1, 0.15) is 11.9 Å². The first-order valence-electron chi connectivity index (χ1n) is 7.68. The summed E-state index contributed by atoms with van der Waals surface area (Å²) in [6.07, 6.45) is 2.18. The molecule has 0 saturated heterocycles. The summed E-state index contributed by atoms with van der Waals surface area (Å²) in [5.41, 5.74) is 6.53. The summed E-state index contributed by atoms with van der Waals surface area (Å²) in [5, 5.41) is 12.8. The number of unbranched alkanes of at least 4 members (excludes halogenated alkanes) is 1. The Morgan fingerprint density at radius 3 is 2.54 bits per heavy atom. The van der Waals surface area contributed by atoms with E-state index in [1.165, 1.54) is 14.2 Å². The van der Waals surface area contributed by atoms with Gasteiger partial charge in [0.15, 0.2) is 11.5 Å². The van der Waals surface area contributed by atoms with Gasteiger partial charge in [-0.05, 0) is 12.5 Å². The van der Waals surface area contributed by atoms with Crippen molar-refractivity contribution in [3.63, 3.8) is 0 Å². The normalized spacial score (nSPS) is 12.0. The summed E-state index contributed by atoms with van der Waals surface area (Å²) in [7, 11) is 3.06. The number of carboxylic acids is 1. The number of nitrogen functional groups attached to an aromatic ring is 1. The molecule has 2 rings (SSSR count). The highest BCUT2D eigenvalue weighted by Gasteiger charge is 2.19. The molecule has 1 aromatic carbocycles. The fourth-order valence-electron chi connectivity index (χ4n) is 2.37. The second kappa shape index (κ2) is 7.67. The number of carboxylic acid groups (broad SMARTS) is 1. The lowest BCUT2D eigenvalue weighted by atomic mass is 10.1. The van der Waals surface area contributed by atoms with E-state index in [2.05, 4.69) is 15.3 Å². The Labute approximate surface area is 140 Å². The van der Waals surface area contributed by atoms with Crippen molar-refractivity contribution >= 4 is 28.6 Å². The zero-order valence-electron chi connectivity index (χ0n) is 14.0. The minimum absolute atomic E-state index is 0.177. The third-order valence-corrected chi connectivity index (χ3v) is 3.68. The lowest BCUT2D eigenvalue weighted by Crippen LogP contribution is -2.30. The molecule has 24 heavy (non-hydrogen) atoms. The summed E-state index contributed by atoms with van der Waals surface area (Å²) in [6, 6.07) is 2.61. The number of nitrogens with two attached hydrogens (primary N) is 1. The largest absolute Gasteiger partial charge is 0.493 e. The number of aliphatic carboxylic acids is 1. The van der Waals surface area contributed by atoms with Gasteiger partial charge in [-0.15, -0.1) is 0 Å². The third-order valence-electron chi connectivity index (χ3n) is 3.68. The number of methoxy groups -OCH3 is 2. The number of benzene rings is 1. The quantitative estimate of drug-likeness (QED) is 0.672. The van der Waals surface area contributed by atoms with Crippen molar-refractivity contribution in [1.29, 1.82) is 0 Å². The van der Waals surface area contributed by atoms with E-state index in [9.17, 15) is 9.90 Å². The maximum atomic E-state index is 11.4. The summed E-state index contributed by atoms with van der Waals surface area (Å²) in [6.45, 7) is 2.00. The molecule has 1 atom stereocenters. The Balaban J connectivity index is 2.40. The molecule has 1 unspecified atom stereocenters. The Bertz CT molecular complexity index is 736. The zero-order chi connectivity index (χ0) is 17.7. The molecule has 0 saturated carbocycles. The molecule has 0 amide bonds. The van der Waals surface area contributed by atoms with Crippen molar-refractivity contribution in [2.45, 2.75) is 32.2 Å². The molecule has 0 aliphatic heterocycles. The molecule has 0 aliphatic rings. The van der Waals surface area contributed by atoms with Crippen LogP contribution in [0.4, 0.5) is 11.8 Å². The number of aromatic nitrogens is 2. The van der Waals surface area contributed by atoms with Crippen LogP contribution >= 0.6 is 0 Å². The van der Waals surface area contributed by atoms with Crippen LogP contribution in [0.15, 0.2) is 12.1 Å². The van der Waals surface area contributed by atoms with Crippen LogP contribution in [0.2, 0.25) is 0 Å². The van der Waals surface area contributed by atoms with Gasteiger partial charge >= 0.3 is 5.97 Å². The highest BCUT2D eigenvalue weighted by molar-refractivity contribution is 5.92. The number of nitrogens with one attached hydrogen (secondary N) is 1. The fourth-order valence-corrected chi connectivity index (χ4v) is 2.37. The van der Waals surface area contributed by atoms with Crippen molar-refractivity contribution in [3.8, 4) is 11.5 Å². The first-order chi connectivity index (χ1) is 11.5. The number of fused-ring (bicyclic) bond motifs is 1. The highest BCUT2D eigenvalue weighted by atomic mass is 16.5. The third kappa shape index (κ3) is 3.76. The topological polar surface area (TPSA) is 120 Å². The predicted molar refractivity (Wildman–Crippen MR) is 91.6 cm³/mol. The van der Waals surface area contributed by atoms with E-state index in [-0.39, 0.29) is 11.8 Å². The maximum absolute atomic E-state index is 11.4. The van der Waals surface area contributed by atoms with Crippen molar-refractivity contribution in [1.82, 2.24) is 9.97 Å². The predicted octanol–water partition coefficient (Wildman–Crippen LogP) is 2.28. The number of ether oxygens (including phenoxy) is 2. The fraction of sp³-hybridized carbons (Fsp3) is 0.438. The molecule has 0 fully saturated rings. The Morgan fingerprint density at radius 1 is 1.29 bits per heavy atom. The van der Waals surface area contributed by atoms with E-state index in [0.29, 0.717) is 28.8 Å². The molecule has 1 aromatic heterocycles. The first-order valence-corrected chi connectivity index (χ1v) is 7.68. The molecular weight excluding hydrogens is 312 g/mol. The Hall–Kier alpha value is -2.77. The van der Waals surface area contributed by atoms with Crippen molar-refractivity contribution < 1.29 is 19.4 Å². The van der Waals surface area contributed by atoms with Crippen molar-refractivity contribution in [3.05, 3.63) is 12.1 Å². The van der Waals surface area contributed by atoms with Crippen LogP contribution in [0, 0.1) is 0 Å². The van der Waals surface area contributed by atoms with Gasteiger partial charge in [0.25, 0.3) is 0 Å². The number of hydrogen-bond donors (Lipinski definition) is 3. The first kappa shape index (κ1) is 17.6. The molecule has 8 nitrogen and oxygen atoms in total. The van der Waals surface area contributed by atoms with E-state index in [1.54, 1.807) is 12.1 Å². The SMILES string of the molecule is CCCCC(Nc1nc(N)c2cc(OC)c(OC)cc2n1)C(=O)O. The van der Waals surface area contributed by atoms with Gasteiger partial charge in [0, 0.05) is 11.5 Å². The average Bonchev–Trinajstić information content (AvgIpc) is 2.57. The van der Waals surface area contributed by atoms with E-state index in [0.717, 1.165) is 12.8 Å². The zero-order valence-corrected chi connectivity index (χ0v) is 14.0. The van der Waals surface area contributed by atoms with Gasteiger partial charge in [0.05, 0.1) is 19.7 Å². The van der Waals surface area contributed by atoms with E-state index in [1.807, 2.05) is 6.92 Å². The number of rotatable bonds is 8. The highest BCUT2D eigenvalue weighted by Crippen LogP contribution is 2.33. The van der Waals surface area contributed by atoms with Crippen LogP contribution < -0.4 is 20.5 Å². The summed E-state index contributed by atoms with van der Waals surface area (Å²) in [5.74, 6) is 0.499. The molecule has 0 radical (unpaired) electrons. The van der Waals surface area contributed by atoms with E-state index in [4.69, 9.17) is 15.2 Å². The Morgan fingerprint density at radius 2 is 1.96 bits per heavy atom. The Kier molecular flexibility index (Phi) is 5.62. The lowest BCUT2D eigenvalue weighted by molar-refractivity contribution is -0.138. The van der Waals surface area contributed by atoms with Crippen LogP contribution in [-0.2, 0) is 4.79 Å². The van der Waals surface area contributed by atoms with Crippen LogP contribution in [0.25, 0.3) is 10.9 Å². The summed E-state index contributed by atoms with van der Waals surface area (Å²) in [4.78, 5) is 19.9. The molecule has 0 bridgehead atoms. The van der Waals surface area contributed by atoms with Gasteiger partial charge in [-0.25, -0.2) is 9.78 Å². The van der Waals surface area contributed by atoms with Gasteiger partial charge in [-0.1, -0.05) is 19.8 Å². The molecule has 0 spiro atoms. The number of nitrogens with zero attached hydrogens (tertiary/aromatic N) is 2. The standard InChI is InChI=1S/C16H22N4O4/c1-4-5-6-10(15(21)22)18-16-19-11-8-13(24-3)12(23-2)7-9(11)14(17)20-16/h7-8,10H,4-6H2,1-3H3,(H,21,22)(H3,17,18,19,20). The monoisotopic (exact) mass is 334 g/mol. The van der Waals surface area contributed by atoms with Crippen molar-refractivity contribution in [2.24, 2.45) is 0 Å². The molecule has 4 N–H and O–H groups in total. The maximum Gasteiger partial charge on any atom is 0.326 e. The summed E-state index contributed by atoms with van der Waals surface area (Å²) >= 11 is 0. The molecule has 130 valence electrons. The van der Waals surface area contributed by atoms with Crippen LogP contribution in [0.5, 0.6) is 11.5 Å². The molecule has 0 aliphatic carbocycles. The number of carbonyl (C=O) groups is 1. The second-order valence-electron chi connectivity index (χ2n) is 5.33. The van der Waals surface area contributed by atoms with E-state index < -0.39 is 12.0 Å². The second-order valence-corrected chi connectivity index (χ2v) is 5.33. The molecule has 2 aromatic rings. The van der Waals surface area contributed by atoms with Crippen LogP contribution in [0.3, 0.4) is 0 Å². The minimum Gasteiger partial charge on any atom is -0.493 e. The lowest BCUT2D eigenvalue weighted by Gasteiger charge is -2.15. The van der Waals surface area contributed by atoms with Gasteiger partial charge in [-0.2, -0.15) is 4.98 Å². The summed E-state index contributed by atoms with van der Waals surface area (Å²) < 4.78 is 10.5. The minimum atomic E-state index is -0.946. The van der Waals surface area contributed by atoms with Crippen LogP contribution in [-0.4, -0.2) is 41.3 Å². The smallest absolute Gasteiger partial charge is 0.326 e. The van der Waals surface area contributed by atoms with E-state index >= 15 is 0 Å². The van der Waals surface area contributed by atoms with Gasteiger partial charge < -0.3 is 25.6 Å². The molecular formula is C16H22N4O4. The average molecular weight is 334 g/mol. The number of hydrogen-bond acceptors (Lipinski definition) is 7. The molecule has 1 heterocycles.